The summed E-state index contributed by atoms with van der Waals surface area (Å²) in [5.41, 5.74) is 5.46. The Morgan fingerprint density at radius 1 is 1.17 bits per heavy atom. The Balaban J connectivity index is 1.83. The smallest absolute Gasteiger partial charge is 0.272 e. The normalized spacial score (nSPS) is 10.5. The second-order valence-electron chi connectivity index (χ2n) is 5.71. The standard InChI is InChI=1S/C19H17N3O/c1-12-9-13(2)16-11-18(22-17(16)10-12)19(23)21-15-5-3-14(4-6-15)7-8-20/h3-6,9-11,22H,7H2,1-2H3,(H,21,23). The second-order valence-corrected chi connectivity index (χ2v) is 5.71. The molecule has 3 rings (SSSR count). The zero-order valence-corrected chi connectivity index (χ0v) is 13.1. The van der Waals surface area contributed by atoms with E-state index in [1.807, 2.05) is 50.2 Å². The molecule has 1 amide bonds. The number of fused-ring (bicyclic) bond motifs is 1. The lowest BCUT2D eigenvalue weighted by Crippen LogP contribution is -2.12. The second kappa shape index (κ2) is 5.98. The number of aromatic amines is 1. The lowest BCUT2D eigenvalue weighted by molar-refractivity contribution is 0.102. The summed E-state index contributed by atoms with van der Waals surface area (Å²) in [6.07, 6.45) is 0.370. The van der Waals surface area contributed by atoms with E-state index in [4.69, 9.17) is 5.26 Å². The van der Waals surface area contributed by atoms with Crippen LogP contribution in [0.15, 0.2) is 42.5 Å². The first-order valence-electron chi connectivity index (χ1n) is 7.44. The van der Waals surface area contributed by atoms with Gasteiger partial charge in [-0.1, -0.05) is 18.2 Å². The van der Waals surface area contributed by atoms with Gasteiger partial charge in [-0.15, -0.1) is 0 Å². The number of nitriles is 1. The number of benzene rings is 2. The summed E-state index contributed by atoms with van der Waals surface area (Å²) in [5.74, 6) is -0.175. The van der Waals surface area contributed by atoms with Gasteiger partial charge in [-0.25, -0.2) is 0 Å². The first-order valence-corrected chi connectivity index (χ1v) is 7.44. The third kappa shape index (κ3) is 3.09. The fourth-order valence-corrected chi connectivity index (χ4v) is 2.72. The van der Waals surface area contributed by atoms with Gasteiger partial charge in [0.15, 0.2) is 0 Å². The van der Waals surface area contributed by atoms with E-state index in [0.29, 0.717) is 17.8 Å². The van der Waals surface area contributed by atoms with Crippen LogP contribution in [-0.4, -0.2) is 10.9 Å². The van der Waals surface area contributed by atoms with Gasteiger partial charge in [0.1, 0.15) is 5.69 Å². The van der Waals surface area contributed by atoms with Crippen molar-refractivity contribution in [3.63, 3.8) is 0 Å². The Kier molecular flexibility index (Phi) is 3.86. The highest BCUT2D eigenvalue weighted by Gasteiger charge is 2.11. The van der Waals surface area contributed by atoms with Crippen molar-refractivity contribution in [1.82, 2.24) is 4.98 Å². The minimum Gasteiger partial charge on any atom is -0.351 e. The Morgan fingerprint density at radius 2 is 1.91 bits per heavy atom. The van der Waals surface area contributed by atoms with Crippen molar-refractivity contribution in [2.75, 3.05) is 5.32 Å². The Bertz CT molecular complexity index is 914. The van der Waals surface area contributed by atoms with Crippen LogP contribution in [0.1, 0.15) is 27.2 Å². The van der Waals surface area contributed by atoms with Gasteiger partial charge in [0.25, 0.3) is 5.91 Å². The summed E-state index contributed by atoms with van der Waals surface area (Å²) in [6, 6.07) is 15.4. The number of anilines is 1. The maximum atomic E-state index is 12.4. The molecule has 0 aliphatic rings. The van der Waals surface area contributed by atoms with Crippen LogP contribution in [-0.2, 0) is 6.42 Å². The molecular formula is C19H17N3O. The van der Waals surface area contributed by atoms with E-state index in [9.17, 15) is 4.79 Å². The summed E-state index contributed by atoms with van der Waals surface area (Å²) in [6.45, 7) is 4.08. The van der Waals surface area contributed by atoms with Crippen molar-refractivity contribution in [1.29, 1.82) is 5.26 Å². The van der Waals surface area contributed by atoms with Crippen LogP contribution < -0.4 is 5.32 Å². The van der Waals surface area contributed by atoms with Gasteiger partial charge in [-0.05, 0) is 54.8 Å². The first kappa shape index (κ1) is 14.9. The Labute approximate surface area is 134 Å². The lowest BCUT2D eigenvalue weighted by atomic mass is 10.1. The fraction of sp³-hybridized carbons (Fsp3) is 0.158. The zero-order chi connectivity index (χ0) is 16.4. The Hall–Kier alpha value is -3.06. The molecule has 0 aliphatic carbocycles. The maximum Gasteiger partial charge on any atom is 0.272 e. The molecule has 0 aliphatic heterocycles. The number of nitrogens with one attached hydrogen (secondary N) is 2. The van der Waals surface area contributed by atoms with E-state index < -0.39 is 0 Å². The number of hydrogen-bond acceptors (Lipinski definition) is 2. The predicted octanol–water partition coefficient (Wildman–Crippen LogP) is 4.10. The van der Waals surface area contributed by atoms with Crippen LogP contribution in [0, 0.1) is 25.2 Å². The number of carbonyl (C=O) groups is 1. The van der Waals surface area contributed by atoms with Crippen molar-refractivity contribution < 1.29 is 4.79 Å². The largest absolute Gasteiger partial charge is 0.351 e. The highest BCUT2D eigenvalue weighted by atomic mass is 16.1. The number of rotatable bonds is 3. The molecule has 114 valence electrons. The fourth-order valence-electron chi connectivity index (χ4n) is 2.72. The molecule has 4 heteroatoms. The summed E-state index contributed by atoms with van der Waals surface area (Å²) in [7, 11) is 0. The van der Waals surface area contributed by atoms with E-state index >= 15 is 0 Å². The molecule has 4 nitrogen and oxygen atoms in total. The summed E-state index contributed by atoms with van der Waals surface area (Å²) >= 11 is 0. The van der Waals surface area contributed by atoms with Crippen LogP contribution in [0.3, 0.4) is 0 Å². The van der Waals surface area contributed by atoms with Crippen molar-refractivity contribution in [3.8, 4) is 6.07 Å². The number of amides is 1. The average molecular weight is 303 g/mol. The van der Waals surface area contributed by atoms with Gasteiger partial charge in [0, 0.05) is 16.6 Å². The summed E-state index contributed by atoms with van der Waals surface area (Å²) < 4.78 is 0. The number of carbonyl (C=O) groups excluding carboxylic acids is 1. The topological polar surface area (TPSA) is 68.7 Å². The number of aryl methyl sites for hydroxylation is 2. The molecule has 0 radical (unpaired) electrons. The van der Waals surface area contributed by atoms with E-state index in [1.54, 1.807) is 0 Å². The quantitative estimate of drug-likeness (QED) is 0.764. The molecule has 0 fully saturated rings. The molecule has 0 saturated heterocycles. The van der Waals surface area contributed by atoms with Gasteiger partial charge in [-0.2, -0.15) is 5.26 Å². The predicted molar refractivity (Wildman–Crippen MR) is 91.5 cm³/mol. The molecule has 0 spiro atoms. The van der Waals surface area contributed by atoms with Crippen molar-refractivity contribution in [2.45, 2.75) is 20.3 Å². The molecule has 2 aromatic carbocycles. The highest BCUT2D eigenvalue weighted by Crippen LogP contribution is 2.22. The molecule has 0 bridgehead atoms. The molecule has 0 unspecified atom stereocenters. The monoisotopic (exact) mass is 303 g/mol. The van der Waals surface area contributed by atoms with Crippen molar-refractivity contribution in [2.24, 2.45) is 0 Å². The van der Waals surface area contributed by atoms with Gasteiger partial charge >= 0.3 is 0 Å². The molecule has 0 saturated carbocycles. The number of hydrogen-bond donors (Lipinski definition) is 2. The summed E-state index contributed by atoms with van der Waals surface area (Å²) in [4.78, 5) is 15.6. The van der Waals surface area contributed by atoms with E-state index in [0.717, 1.165) is 27.6 Å². The van der Waals surface area contributed by atoms with Gasteiger partial charge in [0.05, 0.1) is 12.5 Å². The van der Waals surface area contributed by atoms with E-state index in [2.05, 4.69) is 22.4 Å². The van der Waals surface area contributed by atoms with Crippen molar-refractivity contribution >= 4 is 22.5 Å². The maximum absolute atomic E-state index is 12.4. The molecule has 23 heavy (non-hydrogen) atoms. The minimum absolute atomic E-state index is 0.175. The zero-order valence-electron chi connectivity index (χ0n) is 13.1. The third-order valence-electron chi connectivity index (χ3n) is 3.83. The Morgan fingerprint density at radius 3 is 2.61 bits per heavy atom. The van der Waals surface area contributed by atoms with E-state index in [1.165, 1.54) is 0 Å². The van der Waals surface area contributed by atoms with Gasteiger partial charge in [0.2, 0.25) is 0 Å². The van der Waals surface area contributed by atoms with Crippen LogP contribution in [0.4, 0.5) is 5.69 Å². The van der Waals surface area contributed by atoms with Crippen LogP contribution in [0.2, 0.25) is 0 Å². The number of aromatic nitrogens is 1. The summed E-state index contributed by atoms with van der Waals surface area (Å²) in [5, 5.41) is 12.6. The first-order chi connectivity index (χ1) is 11.1. The molecule has 2 N–H and O–H groups in total. The van der Waals surface area contributed by atoms with Crippen LogP contribution in [0.25, 0.3) is 10.9 Å². The molecular weight excluding hydrogens is 286 g/mol. The van der Waals surface area contributed by atoms with Gasteiger partial charge < -0.3 is 10.3 Å². The molecule has 3 aromatic rings. The SMILES string of the molecule is Cc1cc(C)c2cc(C(=O)Nc3ccc(CC#N)cc3)[nH]c2c1. The molecule has 0 atom stereocenters. The lowest BCUT2D eigenvalue weighted by Gasteiger charge is -2.04. The molecule has 1 heterocycles. The average Bonchev–Trinajstić information content (AvgIpc) is 2.94. The number of nitrogens with zero attached hydrogens (tertiary/aromatic N) is 1. The van der Waals surface area contributed by atoms with E-state index in [-0.39, 0.29) is 5.91 Å². The number of H-pyrrole nitrogens is 1. The van der Waals surface area contributed by atoms with Crippen LogP contribution >= 0.6 is 0 Å². The van der Waals surface area contributed by atoms with Crippen molar-refractivity contribution in [3.05, 3.63) is 64.8 Å². The van der Waals surface area contributed by atoms with Crippen LogP contribution in [0.5, 0.6) is 0 Å². The van der Waals surface area contributed by atoms with Gasteiger partial charge in [-0.3, -0.25) is 4.79 Å². The third-order valence-corrected chi connectivity index (χ3v) is 3.83. The molecule has 1 aromatic heterocycles. The minimum atomic E-state index is -0.175. The highest BCUT2D eigenvalue weighted by molar-refractivity contribution is 6.06.